The van der Waals surface area contributed by atoms with Crippen molar-refractivity contribution in [3.63, 3.8) is 0 Å². The van der Waals surface area contributed by atoms with E-state index >= 15 is 0 Å². The Morgan fingerprint density at radius 2 is 1.52 bits per heavy atom. The number of carbonyl (C=O) groups excluding carboxylic acids is 2. The second-order valence-electron chi connectivity index (χ2n) is 8.10. The van der Waals surface area contributed by atoms with Gasteiger partial charge >= 0.3 is 6.03 Å². The van der Waals surface area contributed by atoms with Crippen molar-refractivity contribution in [1.29, 1.82) is 0 Å². The molecule has 1 aliphatic heterocycles. The average molecular weight is 345 g/mol. The number of benzene rings is 1. The third-order valence-corrected chi connectivity index (χ3v) is 4.51. The normalized spacial score (nSPS) is 15.4. The lowest BCUT2D eigenvalue weighted by Crippen LogP contribution is -2.54. The predicted molar refractivity (Wildman–Crippen MR) is 101 cm³/mol. The zero-order valence-corrected chi connectivity index (χ0v) is 16.1. The van der Waals surface area contributed by atoms with Crippen LogP contribution in [0.2, 0.25) is 0 Å². The number of amides is 3. The van der Waals surface area contributed by atoms with Gasteiger partial charge in [0.15, 0.2) is 0 Å². The number of hydrogen-bond acceptors (Lipinski definition) is 2. The van der Waals surface area contributed by atoms with Crippen LogP contribution in [0.4, 0.5) is 4.79 Å². The van der Waals surface area contributed by atoms with Gasteiger partial charge in [0.05, 0.1) is 6.42 Å². The Labute approximate surface area is 151 Å². The Morgan fingerprint density at radius 3 is 2.00 bits per heavy atom. The zero-order chi connectivity index (χ0) is 18.6. The minimum absolute atomic E-state index is 0.0418. The van der Waals surface area contributed by atoms with Gasteiger partial charge in [-0.05, 0) is 30.4 Å². The molecule has 5 nitrogen and oxygen atoms in total. The summed E-state index contributed by atoms with van der Waals surface area (Å²) in [7, 11) is 0. The highest BCUT2D eigenvalue weighted by Gasteiger charge is 2.24. The maximum absolute atomic E-state index is 12.5. The molecule has 0 aromatic heterocycles. The van der Waals surface area contributed by atoms with Crippen LogP contribution < -0.4 is 5.32 Å². The summed E-state index contributed by atoms with van der Waals surface area (Å²) in [6.07, 6.45) is 0.419. The number of nitrogens with zero attached hydrogens (tertiary/aromatic N) is 2. The van der Waals surface area contributed by atoms with Crippen molar-refractivity contribution in [1.82, 2.24) is 15.1 Å². The van der Waals surface area contributed by atoms with Crippen molar-refractivity contribution in [2.75, 3.05) is 26.2 Å². The van der Waals surface area contributed by atoms with Gasteiger partial charge in [-0.1, -0.05) is 45.0 Å². The van der Waals surface area contributed by atoms with E-state index in [2.05, 4.69) is 38.2 Å². The Balaban J connectivity index is 1.85. The van der Waals surface area contributed by atoms with Crippen molar-refractivity contribution >= 4 is 11.9 Å². The van der Waals surface area contributed by atoms with Crippen LogP contribution in [-0.4, -0.2) is 54.0 Å². The second-order valence-corrected chi connectivity index (χ2v) is 8.10. The fraction of sp³-hybridized carbons (Fsp3) is 0.600. The van der Waals surface area contributed by atoms with E-state index in [0.29, 0.717) is 32.6 Å². The molecule has 2 rings (SSSR count). The summed E-state index contributed by atoms with van der Waals surface area (Å²) >= 11 is 0. The summed E-state index contributed by atoms with van der Waals surface area (Å²) in [5.74, 6) is 0.132. The molecular weight excluding hydrogens is 314 g/mol. The summed E-state index contributed by atoms with van der Waals surface area (Å²) < 4.78 is 0. The topological polar surface area (TPSA) is 52.7 Å². The molecule has 25 heavy (non-hydrogen) atoms. The molecule has 0 spiro atoms. The molecule has 1 N–H and O–H groups in total. The number of piperazine rings is 1. The monoisotopic (exact) mass is 345 g/mol. The second kappa shape index (κ2) is 7.89. The van der Waals surface area contributed by atoms with E-state index in [1.807, 2.05) is 30.9 Å². The van der Waals surface area contributed by atoms with Gasteiger partial charge in [0.2, 0.25) is 5.91 Å². The number of urea groups is 1. The van der Waals surface area contributed by atoms with Crippen molar-refractivity contribution in [3.05, 3.63) is 35.4 Å². The molecule has 0 aliphatic carbocycles. The molecule has 1 aromatic carbocycles. The third kappa shape index (κ3) is 5.48. The van der Waals surface area contributed by atoms with Crippen molar-refractivity contribution < 1.29 is 9.59 Å². The molecule has 1 aliphatic rings. The lowest BCUT2D eigenvalue weighted by molar-refractivity contribution is -0.131. The Morgan fingerprint density at radius 1 is 1.00 bits per heavy atom. The maximum atomic E-state index is 12.5. The molecule has 138 valence electrons. The van der Waals surface area contributed by atoms with Gasteiger partial charge in [-0.3, -0.25) is 4.79 Å². The van der Waals surface area contributed by atoms with Crippen LogP contribution in [-0.2, 0) is 16.6 Å². The van der Waals surface area contributed by atoms with Gasteiger partial charge in [-0.15, -0.1) is 0 Å². The van der Waals surface area contributed by atoms with Crippen LogP contribution in [0.5, 0.6) is 0 Å². The molecule has 1 heterocycles. The van der Waals surface area contributed by atoms with E-state index in [4.69, 9.17) is 0 Å². The molecule has 0 bridgehead atoms. The van der Waals surface area contributed by atoms with Crippen LogP contribution >= 0.6 is 0 Å². The Hall–Kier alpha value is -2.04. The van der Waals surface area contributed by atoms with Gasteiger partial charge in [-0.25, -0.2) is 4.79 Å². The average Bonchev–Trinajstić information content (AvgIpc) is 2.54. The van der Waals surface area contributed by atoms with E-state index in [1.165, 1.54) is 5.56 Å². The number of nitrogens with one attached hydrogen (secondary N) is 1. The van der Waals surface area contributed by atoms with Crippen LogP contribution in [0.1, 0.15) is 45.7 Å². The molecule has 1 aromatic rings. The van der Waals surface area contributed by atoms with Crippen molar-refractivity contribution in [2.45, 2.75) is 52.5 Å². The lowest BCUT2D eigenvalue weighted by Gasteiger charge is -2.35. The minimum atomic E-state index is -0.0418. The first-order valence-corrected chi connectivity index (χ1v) is 9.09. The molecule has 3 amide bonds. The van der Waals surface area contributed by atoms with E-state index in [1.54, 1.807) is 4.90 Å². The summed E-state index contributed by atoms with van der Waals surface area (Å²) in [5, 5.41) is 2.90. The van der Waals surface area contributed by atoms with Crippen LogP contribution in [0.3, 0.4) is 0 Å². The SMILES string of the molecule is CC(C)NC(=O)N1CCN(C(=O)Cc2ccc(C(C)(C)C)cc2)CC1. The first-order chi connectivity index (χ1) is 11.7. The standard InChI is InChI=1S/C20H31N3O2/c1-15(2)21-19(25)23-12-10-22(11-13-23)18(24)14-16-6-8-17(9-7-16)20(3,4)5/h6-9,15H,10-14H2,1-5H3,(H,21,25). The molecule has 0 atom stereocenters. The summed E-state index contributed by atoms with van der Waals surface area (Å²) in [6.45, 7) is 12.8. The smallest absolute Gasteiger partial charge is 0.317 e. The molecule has 0 unspecified atom stereocenters. The lowest BCUT2D eigenvalue weighted by atomic mass is 9.86. The summed E-state index contributed by atoms with van der Waals surface area (Å²) in [5.41, 5.74) is 2.43. The largest absolute Gasteiger partial charge is 0.339 e. The molecule has 1 fully saturated rings. The maximum Gasteiger partial charge on any atom is 0.317 e. The first-order valence-electron chi connectivity index (χ1n) is 9.09. The van der Waals surface area contributed by atoms with E-state index < -0.39 is 0 Å². The van der Waals surface area contributed by atoms with E-state index in [0.717, 1.165) is 5.56 Å². The third-order valence-electron chi connectivity index (χ3n) is 4.51. The molecule has 0 saturated carbocycles. The molecule has 1 saturated heterocycles. The zero-order valence-electron chi connectivity index (χ0n) is 16.1. The molecule has 5 heteroatoms. The molecular formula is C20H31N3O2. The number of carbonyl (C=O) groups is 2. The Bertz CT molecular complexity index is 594. The highest BCUT2D eigenvalue weighted by atomic mass is 16.2. The van der Waals surface area contributed by atoms with Gasteiger partial charge < -0.3 is 15.1 Å². The fourth-order valence-corrected chi connectivity index (χ4v) is 2.91. The van der Waals surface area contributed by atoms with Crippen molar-refractivity contribution in [3.8, 4) is 0 Å². The highest BCUT2D eigenvalue weighted by Crippen LogP contribution is 2.22. The number of rotatable bonds is 3. The van der Waals surface area contributed by atoms with Gasteiger partial charge in [0.1, 0.15) is 0 Å². The van der Waals surface area contributed by atoms with E-state index in [9.17, 15) is 9.59 Å². The number of hydrogen-bond donors (Lipinski definition) is 1. The van der Waals surface area contributed by atoms with Crippen LogP contribution in [0, 0.1) is 0 Å². The van der Waals surface area contributed by atoms with Crippen LogP contribution in [0.15, 0.2) is 24.3 Å². The highest BCUT2D eigenvalue weighted by molar-refractivity contribution is 5.79. The van der Waals surface area contributed by atoms with E-state index in [-0.39, 0.29) is 23.4 Å². The van der Waals surface area contributed by atoms with Gasteiger partial charge in [0, 0.05) is 32.2 Å². The fourth-order valence-electron chi connectivity index (χ4n) is 2.91. The van der Waals surface area contributed by atoms with Gasteiger partial charge in [0.25, 0.3) is 0 Å². The van der Waals surface area contributed by atoms with Crippen LogP contribution in [0.25, 0.3) is 0 Å². The van der Waals surface area contributed by atoms with Crippen molar-refractivity contribution in [2.24, 2.45) is 0 Å². The first kappa shape index (κ1) is 19.3. The summed E-state index contributed by atoms with van der Waals surface area (Å²) in [4.78, 5) is 28.1. The molecule has 0 radical (unpaired) electrons. The quantitative estimate of drug-likeness (QED) is 0.916. The Kier molecular flexibility index (Phi) is 6.09. The minimum Gasteiger partial charge on any atom is -0.339 e. The summed E-state index contributed by atoms with van der Waals surface area (Å²) in [6, 6.07) is 8.39. The van der Waals surface area contributed by atoms with Gasteiger partial charge in [-0.2, -0.15) is 0 Å². The predicted octanol–water partition coefficient (Wildman–Crippen LogP) is 2.79.